The third-order valence-corrected chi connectivity index (χ3v) is 2.39. The van der Waals surface area contributed by atoms with Crippen molar-refractivity contribution in [3.63, 3.8) is 0 Å². The molecule has 3 nitrogen and oxygen atoms in total. The molecule has 0 spiro atoms. The summed E-state index contributed by atoms with van der Waals surface area (Å²) >= 11 is 0. The molecule has 0 aliphatic heterocycles. The van der Waals surface area contributed by atoms with Crippen molar-refractivity contribution in [3.8, 4) is 0 Å². The summed E-state index contributed by atoms with van der Waals surface area (Å²) in [6.45, 7) is 12.0. The Morgan fingerprint density at radius 1 is 1.12 bits per heavy atom. The third kappa shape index (κ3) is 9.97. The van der Waals surface area contributed by atoms with Gasteiger partial charge in [-0.3, -0.25) is 4.79 Å². The lowest BCUT2D eigenvalue weighted by Gasteiger charge is -2.33. The van der Waals surface area contributed by atoms with Crippen LogP contribution in [-0.4, -0.2) is 23.2 Å². The number of hydrogen-bond acceptors (Lipinski definition) is 2. The van der Waals surface area contributed by atoms with E-state index in [9.17, 15) is 4.79 Å². The number of carboxylic acids is 1. The largest absolute Gasteiger partial charge is 0.481 e. The zero-order valence-electron chi connectivity index (χ0n) is 11.4. The van der Waals surface area contributed by atoms with E-state index in [2.05, 4.69) is 39.9 Å². The predicted molar refractivity (Wildman–Crippen MR) is 67.6 cm³/mol. The van der Waals surface area contributed by atoms with Crippen molar-refractivity contribution in [2.45, 2.75) is 65.8 Å². The van der Waals surface area contributed by atoms with Crippen LogP contribution in [0.2, 0.25) is 0 Å². The van der Waals surface area contributed by atoms with Crippen molar-refractivity contribution in [2.24, 2.45) is 5.41 Å². The van der Waals surface area contributed by atoms with Gasteiger partial charge in [0.05, 0.1) is 0 Å². The van der Waals surface area contributed by atoms with E-state index in [1.54, 1.807) is 0 Å². The highest BCUT2D eigenvalue weighted by Crippen LogP contribution is 2.26. The lowest BCUT2D eigenvalue weighted by atomic mass is 9.82. The highest BCUT2D eigenvalue weighted by molar-refractivity contribution is 5.66. The minimum Gasteiger partial charge on any atom is -0.481 e. The Morgan fingerprint density at radius 2 is 1.69 bits per heavy atom. The zero-order chi connectivity index (χ0) is 12.8. The second kappa shape index (κ2) is 6.24. The van der Waals surface area contributed by atoms with E-state index in [0.717, 1.165) is 25.8 Å². The molecule has 0 heterocycles. The van der Waals surface area contributed by atoms with Gasteiger partial charge < -0.3 is 10.4 Å². The summed E-state index contributed by atoms with van der Waals surface area (Å²) < 4.78 is 0. The second-order valence-corrected chi connectivity index (χ2v) is 6.40. The monoisotopic (exact) mass is 229 g/mol. The maximum absolute atomic E-state index is 10.3. The fraction of sp³-hybridized carbons (Fsp3) is 0.923. The van der Waals surface area contributed by atoms with Gasteiger partial charge >= 0.3 is 5.97 Å². The second-order valence-electron chi connectivity index (χ2n) is 6.40. The number of nitrogens with one attached hydrogen (secondary N) is 1. The average Bonchev–Trinajstić information content (AvgIpc) is 1.97. The van der Waals surface area contributed by atoms with Gasteiger partial charge in [0, 0.05) is 12.0 Å². The molecule has 0 aromatic rings. The summed E-state index contributed by atoms with van der Waals surface area (Å²) in [7, 11) is 0. The van der Waals surface area contributed by atoms with Crippen molar-refractivity contribution in [1.82, 2.24) is 5.32 Å². The highest BCUT2D eigenvalue weighted by atomic mass is 16.4. The Balaban J connectivity index is 3.70. The summed E-state index contributed by atoms with van der Waals surface area (Å²) in [5, 5.41) is 12.0. The van der Waals surface area contributed by atoms with Gasteiger partial charge in [0.2, 0.25) is 0 Å². The maximum atomic E-state index is 10.3. The molecule has 0 aliphatic carbocycles. The molecular formula is C13H27NO2. The van der Waals surface area contributed by atoms with Gasteiger partial charge in [-0.15, -0.1) is 0 Å². The first-order chi connectivity index (χ1) is 7.12. The molecule has 0 amide bonds. The quantitative estimate of drug-likeness (QED) is 0.660. The molecule has 3 heteroatoms. The SMILES string of the molecule is CC(C)(C)CC(C)(C)NCCCCC(=O)O. The molecular weight excluding hydrogens is 202 g/mol. The van der Waals surface area contributed by atoms with Gasteiger partial charge in [-0.2, -0.15) is 0 Å². The third-order valence-electron chi connectivity index (χ3n) is 2.39. The van der Waals surface area contributed by atoms with Crippen molar-refractivity contribution in [2.75, 3.05) is 6.54 Å². The number of unbranched alkanes of at least 4 members (excludes halogenated alkanes) is 1. The van der Waals surface area contributed by atoms with Crippen molar-refractivity contribution < 1.29 is 9.90 Å². The van der Waals surface area contributed by atoms with Crippen LogP contribution in [0.5, 0.6) is 0 Å². The van der Waals surface area contributed by atoms with E-state index in [-0.39, 0.29) is 12.0 Å². The first kappa shape index (κ1) is 15.4. The van der Waals surface area contributed by atoms with Crippen molar-refractivity contribution in [1.29, 1.82) is 0 Å². The summed E-state index contributed by atoms with van der Waals surface area (Å²) in [5.41, 5.74) is 0.443. The zero-order valence-corrected chi connectivity index (χ0v) is 11.4. The summed E-state index contributed by atoms with van der Waals surface area (Å²) in [6.07, 6.45) is 3.08. The first-order valence-electron chi connectivity index (χ1n) is 6.09. The van der Waals surface area contributed by atoms with Crippen molar-refractivity contribution in [3.05, 3.63) is 0 Å². The topological polar surface area (TPSA) is 49.3 Å². The molecule has 0 atom stereocenters. The smallest absolute Gasteiger partial charge is 0.303 e. The Kier molecular flexibility index (Phi) is 6.01. The molecule has 96 valence electrons. The summed E-state index contributed by atoms with van der Waals surface area (Å²) in [6, 6.07) is 0. The Bertz CT molecular complexity index is 216. The van der Waals surface area contributed by atoms with Crippen LogP contribution in [0.15, 0.2) is 0 Å². The predicted octanol–water partition coefficient (Wildman–Crippen LogP) is 3.05. The van der Waals surface area contributed by atoms with Gasteiger partial charge in [-0.25, -0.2) is 0 Å². The first-order valence-corrected chi connectivity index (χ1v) is 6.09. The molecule has 0 saturated heterocycles. The van der Waals surface area contributed by atoms with Crippen LogP contribution in [0.4, 0.5) is 0 Å². The Morgan fingerprint density at radius 3 is 2.12 bits per heavy atom. The van der Waals surface area contributed by atoms with E-state index in [1.807, 2.05) is 0 Å². The minimum atomic E-state index is -0.700. The normalized spacial score (nSPS) is 12.8. The summed E-state index contributed by atoms with van der Waals surface area (Å²) in [4.78, 5) is 10.3. The molecule has 0 fully saturated rings. The van der Waals surface area contributed by atoms with E-state index in [1.165, 1.54) is 0 Å². The van der Waals surface area contributed by atoms with Gasteiger partial charge in [-0.05, 0) is 45.1 Å². The molecule has 0 bridgehead atoms. The molecule has 0 unspecified atom stereocenters. The van der Waals surface area contributed by atoms with Gasteiger partial charge in [0.1, 0.15) is 0 Å². The van der Waals surface area contributed by atoms with Crippen LogP contribution in [0.1, 0.15) is 60.3 Å². The fourth-order valence-electron chi connectivity index (χ4n) is 2.22. The lowest BCUT2D eigenvalue weighted by Crippen LogP contribution is -2.42. The standard InChI is InChI=1S/C13H27NO2/c1-12(2,3)10-13(4,5)14-9-7-6-8-11(15)16/h14H,6-10H2,1-5H3,(H,15,16). The van der Waals surface area contributed by atoms with Crippen LogP contribution in [0, 0.1) is 5.41 Å². The number of aliphatic carboxylic acids is 1. The molecule has 2 N–H and O–H groups in total. The van der Waals surface area contributed by atoms with E-state index in [0.29, 0.717) is 5.41 Å². The molecule has 16 heavy (non-hydrogen) atoms. The van der Waals surface area contributed by atoms with Gasteiger partial charge in [0.15, 0.2) is 0 Å². The van der Waals surface area contributed by atoms with E-state index >= 15 is 0 Å². The molecule has 0 aliphatic rings. The number of rotatable bonds is 7. The molecule has 0 rings (SSSR count). The van der Waals surface area contributed by atoms with Crippen LogP contribution in [-0.2, 0) is 4.79 Å². The number of carboxylic acid groups (broad SMARTS) is 1. The van der Waals surface area contributed by atoms with Gasteiger partial charge in [-0.1, -0.05) is 20.8 Å². The van der Waals surface area contributed by atoms with Crippen LogP contribution >= 0.6 is 0 Å². The molecule has 0 radical (unpaired) electrons. The van der Waals surface area contributed by atoms with Crippen LogP contribution in [0.3, 0.4) is 0 Å². The Hall–Kier alpha value is -0.570. The molecule has 0 aromatic heterocycles. The molecule has 0 saturated carbocycles. The maximum Gasteiger partial charge on any atom is 0.303 e. The van der Waals surface area contributed by atoms with E-state index in [4.69, 9.17) is 5.11 Å². The van der Waals surface area contributed by atoms with Crippen molar-refractivity contribution >= 4 is 5.97 Å². The highest BCUT2D eigenvalue weighted by Gasteiger charge is 2.24. The summed E-state index contributed by atoms with van der Waals surface area (Å²) in [5.74, 6) is -0.700. The van der Waals surface area contributed by atoms with Gasteiger partial charge in [0.25, 0.3) is 0 Å². The lowest BCUT2D eigenvalue weighted by molar-refractivity contribution is -0.137. The Labute approximate surface area is 99.6 Å². The number of hydrogen-bond donors (Lipinski definition) is 2. The fourth-order valence-corrected chi connectivity index (χ4v) is 2.22. The average molecular weight is 229 g/mol. The van der Waals surface area contributed by atoms with E-state index < -0.39 is 5.97 Å². The van der Waals surface area contributed by atoms with Crippen LogP contribution < -0.4 is 5.32 Å². The molecule has 0 aromatic carbocycles. The van der Waals surface area contributed by atoms with Crippen LogP contribution in [0.25, 0.3) is 0 Å². The minimum absolute atomic E-state index is 0.126. The number of carbonyl (C=O) groups is 1.